The van der Waals surface area contributed by atoms with E-state index in [2.05, 4.69) is 20.2 Å². The van der Waals surface area contributed by atoms with Gasteiger partial charge < -0.3 is 14.2 Å². The number of rotatable bonds is 3. The molecular formula is C21H22N6O2. The number of aryl methyl sites for hydroxylation is 1. The number of hydrogen-bond donors (Lipinski definition) is 1. The third-order valence-corrected chi connectivity index (χ3v) is 5.80. The van der Waals surface area contributed by atoms with E-state index < -0.39 is 0 Å². The number of nitrogens with zero attached hydrogens (tertiary/aromatic N) is 5. The maximum atomic E-state index is 13.3. The maximum absolute atomic E-state index is 13.3. The van der Waals surface area contributed by atoms with Crippen LogP contribution in [0, 0.1) is 0 Å². The molecule has 29 heavy (non-hydrogen) atoms. The molecule has 5 rings (SSSR count). The fourth-order valence-corrected chi connectivity index (χ4v) is 4.27. The van der Waals surface area contributed by atoms with Gasteiger partial charge in [-0.3, -0.25) is 9.89 Å². The van der Waals surface area contributed by atoms with Crippen molar-refractivity contribution < 1.29 is 9.53 Å². The number of fused-ring (bicyclic) bond motifs is 2. The monoisotopic (exact) mass is 390 g/mol. The molecule has 0 spiro atoms. The summed E-state index contributed by atoms with van der Waals surface area (Å²) < 4.78 is 7.27. The molecule has 1 N–H and O–H groups in total. The Kier molecular flexibility index (Phi) is 4.19. The van der Waals surface area contributed by atoms with E-state index >= 15 is 0 Å². The van der Waals surface area contributed by atoms with Crippen molar-refractivity contribution in [3.63, 3.8) is 0 Å². The second kappa shape index (κ2) is 6.88. The Labute approximate surface area is 167 Å². The molecule has 0 saturated carbocycles. The molecule has 1 amide bonds. The van der Waals surface area contributed by atoms with Crippen LogP contribution >= 0.6 is 0 Å². The lowest BCUT2D eigenvalue weighted by Crippen LogP contribution is -2.40. The molecule has 0 aliphatic carbocycles. The van der Waals surface area contributed by atoms with Gasteiger partial charge in [0.2, 0.25) is 0 Å². The first-order valence-electron chi connectivity index (χ1n) is 9.73. The molecule has 0 radical (unpaired) electrons. The zero-order chi connectivity index (χ0) is 20.0. The SMILES string of the molecule is COc1ccc2c(c1)cc(C(=O)N1CCC[C@H](c3[nH]nc4nccnc34)C1)n2C. The molecule has 4 aromatic rings. The molecule has 1 atom stereocenters. The van der Waals surface area contributed by atoms with E-state index in [0.717, 1.165) is 47.2 Å². The third-order valence-electron chi connectivity index (χ3n) is 5.80. The molecule has 148 valence electrons. The zero-order valence-electron chi connectivity index (χ0n) is 16.4. The summed E-state index contributed by atoms with van der Waals surface area (Å²) in [4.78, 5) is 24.0. The number of methoxy groups -OCH3 is 1. The Balaban J connectivity index is 1.44. The van der Waals surface area contributed by atoms with Gasteiger partial charge in [0.05, 0.1) is 12.8 Å². The van der Waals surface area contributed by atoms with Gasteiger partial charge in [0.1, 0.15) is 17.0 Å². The topological polar surface area (TPSA) is 88.9 Å². The Morgan fingerprint density at radius 2 is 2.10 bits per heavy atom. The van der Waals surface area contributed by atoms with E-state index in [-0.39, 0.29) is 11.8 Å². The predicted octanol–water partition coefficient (Wildman–Crippen LogP) is 2.87. The average molecular weight is 390 g/mol. The van der Waals surface area contributed by atoms with E-state index in [4.69, 9.17) is 4.74 Å². The first-order chi connectivity index (χ1) is 14.2. The molecular weight excluding hydrogens is 368 g/mol. The number of benzene rings is 1. The summed E-state index contributed by atoms with van der Waals surface area (Å²) in [5.41, 5.74) is 4.07. The predicted molar refractivity (Wildman–Crippen MR) is 109 cm³/mol. The van der Waals surface area contributed by atoms with Crippen molar-refractivity contribution in [2.24, 2.45) is 7.05 Å². The second-order valence-electron chi connectivity index (χ2n) is 7.47. The number of carbonyl (C=O) groups excluding carboxylic acids is 1. The lowest BCUT2D eigenvalue weighted by Gasteiger charge is -2.32. The number of H-pyrrole nitrogens is 1. The second-order valence-corrected chi connectivity index (χ2v) is 7.47. The largest absolute Gasteiger partial charge is 0.497 e. The van der Waals surface area contributed by atoms with Gasteiger partial charge in [0, 0.05) is 49.4 Å². The van der Waals surface area contributed by atoms with Gasteiger partial charge in [-0.1, -0.05) is 0 Å². The van der Waals surface area contributed by atoms with Crippen LogP contribution < -0.4 is 4.74 Å². The summed E-state index contributed by atoms with van der Waals surface area (Å²) in [6, 6.07) is 7.80. The van der Waals surface area contributed by atoms with Gasteiger partial charge in [-0.2, -0.15) is 5.10 Å². The number of likely N-dealkylation sites (tertiary alicyclic amines) is 1. The van der Waals surface area contributed by atoms with Crippen LogP contribution in [-0.2, 0) is 7.05 Å². The number of piperidine rings is 1. The van der Waals surface area contributed by atoms with Crippen molar-refractivity contribution >= 4 is 28.0 Å². The highest BCUT2D eigenvalue weighted by atomic mass is 16.5. The highest BCUT2D eigenvalue weighted by Gasteiger charge is 2.29. The number of ether oxygens (including phenoxy) is 1. The van der Waals surface area contributed by atoms with Gasteiger partial charge in [-0.25, -0.2) is 9.97 Å². The first kappa shape index (κ1) is 17.7. The van der Waals surface area contributed by atoms with Crippen LogP contribution in [0.25, 0.3) is 22.1 Å². The molecule has 1 aliphatic rings. The van der Waals surface area contributed by atoms with Gasteiger partial charge >= 0.3 is 0 Å². The number of aromatic nitrogens is 5. The average Bonchev–Trinajstić information content (AvgIpc) is 3.34. The van der Waals surface area contributed by atoms with Gasteiger partial charge in [0.15, 0.2) is 5.65 Å². The summed E-state index contributed by atoms with van der Waals surface area (Å²) in [6.07, 6.45) is 5.24. The molecule has 1 aliphatic heterocycles. The molecule has 3 aromatic heterocycles. The highest BCUT2D eigenvalue weighted by Crippen LogP contribution is 2.31. The van der Waals surface area contributed by atoms with Crippen molar-refractivity contribution in [3.05, 3.63) is 48.0 Å². The van der Waals surface area contributed by atoms with Gasteiger partial charge in [-0.05, 0) is 37.1 Å². The van der Waals surface area contributed by atoms with E-state index in [1.54, 1.807) is 19.5 Å². The molecule has 1 aromatic carbocycles. The lowest BCUT2D eigenvalue weighted by molar-refractivity contribution is 0.0697. The third kappa shape index (κ3) is 2.91. The van der Waals surface area contributed by atoms with Crippen molar-refractivity contribution in [2.45, 2.75) is 18.8 Å². The van der Waals surface area contributed by atoms with Crippen molar-refractivity contribution in [1.82, 2.24) is 29.6 Å². The number of hydrogen-bond acceptors (Lipinski definition) is 5. The van der Waals surface area contributed by atoms with Crippen LogP contribution in [0.15, 0.2) is 36.7 Å². The summed E-state index contributed by atoms with van der Waals surface area (Å²) in [5, 5.41) is 8.36. The van der Waals surface area contributed by atoms with E-state index in [1.165, 1.54) is 0 Å². The minimum absolute atomic E-state index is 0.0438. The zero-order valence-corrected chi connectivity index (χ0v) is 16.4. The van der Waals surface area contributed by atoms with Crippen LogP contribution in [0.1, 0.15) is 34.9 Å². The summed E-state index contributed by atoms with van der Waals surface area (Å²) in [5.74, 6) is 0.999. The van der Waals surface area contributed by atoms with E-state index in [1.807, 2.05) is 40.8 Å². The first-order valence-corrected chi connectivity index (χ1v) is 9.73. The quantitative estimate of drug-likeness (QED) is 0.581. The Hall–Kier alpha value is -3.42. The summed E-state index contributed by atoms with van der Waals surface area (Å²) >= 11 is 0. The summed E-state index contributed by atoms with van der Waals surface area (Å²) in [7, 11) is 3.58. The molecule has 4 heterocycles. The van der Waals surface area contributed by atoms with Crippen LogP contribution in [-0.4, -0.2) is 55.7 Å². The van der Waals surface area contributed by atoms with Gasteiger partial charge in [0.25, 0.3) is 5.91 Å². The molecule has 0 unspecified atom stereocenters. The number of amides is 1. The normalized spacial score (nSPS) is 17.2. The fraction of sp³-hybridized carbons (Fsp3) is 0.333. The Morgan fingerprint density at radius 3 is 2.97 bits per heavy atom. The number of carbonyl (C=O) groups is 1. The molecule has 1 saturated heterocycles. The minimum atomic E-state index is 0.0438. The van der Waals surface area contributed by atoms with Crippen LogP contribution in [0.2, 0.25) is 0 Å². The summed E-state index contributed by atoms with van der Waals surface area (Å²) in [6.45, 7) is 1.38. The van der Waals surface area contributed by atoms with Crippen LogP contribution in [0.3, 0.4) is 0 Å². The van der Waals surface area contributed by atoms with Gasteiger partial charge in [-0.15, -0.1) is 0 Å². The smallest absolute Gasteiger partial charge is 0.270 e. The standard InChI is InChI=1S/C21H22N6O2/c1-26-16-6-5-15(29-2)10-14(16)11-17(26)21(28)27-9-3-4-13(12-27)18-19-20(25-24-18)23-8-7-22-19/h5-8,10-11,13H,3-4,9,12H2,1-2H3,(H,23,24,25)/t13-/m0/s1. The molecule has 8 heteroatoms. The van der Waals surface area contributed by atoms with E-state index in [0.29, 0.717) is 17.9 Å². The maximum Gasteiger partial charge on any atom is 0.270 e. The Morgan fingerprint density at radius 1 is 1.24 bits per heavy atom. The van der Waals surface area contributed by atoms with Crippen molar-refractivity contribution in [3.8, 4) is 5.75 Å². The van der Waals surface area contributed by atoms with Crippen molar-refractivity contribution in [2.75, 3.05) is 20.2 Å². The molecule has 1 fully saturated rings. The number of aromatic amines is 1. The molecule has 0 bridgehead atoms. The van der Waals surface area contributed by atoms with E-state index in [9.17, 15) is 4.79 Å². The lowest BCUT2D eigenvalue weighted by atomic mass is 9.94. The molecule has 8 nitrogen and oxygen atoms in total. The van der Waals surface area contributed by atoms with Crippen molar-refractivity contribution in [1.29, 1.82) is 0 Å². The highest BCUT2D eigenvalue weighted by molar-refractivity contribution is 5.99. The Bertz CT molecular complexity index is 1210. The van der Waals surface area contributed by atoms with Crippen LogP contribution in [0.5, 0.6) is 5.75 Å². The minimum Gasteiger partial charge on any atom is -0.497 e. The van der Waals surface area contributed by atoms with Crippen LogP contribution in [0.4, 0.5) is 0 Å². The fourth-order valence-electron chi connectivity index (χ4n) is 4.27. The number of nitrogens with one attached hydrogen (secondary N) is 1.